The molecule has 0 fully saturated rings. The molecule has 0 aliphatic carbocycles. The number of nitrogens with two attached hydrogens (primary N) is 1. The molecule has 0 radical (unpaired) electrons. The molecule has 2 unspecified atom stereocenters. The molecule has 0 aromatic carbocycles. The van der Waals surface area contributed by atoms with Gasteiger partial charge in [-0.05, 0) is 18.9 Å². The quantitative estimate of drug-likeness (QED) is 0.755. The van der Waals surface area contributed by atoms with Crippen LogP contribution in [0.3, 0.4) is 0 Å². The van der Waals surface area contributed by atoms with E-state index in [1.807, 2.05) is 6.92 Å². The molecule has 6 heteroatoms. The minimum absolute atomic E-state index is 0.0621. The van der Waals surface area contributed by atoms with E-state index in [-0.39, 0.29) is 18.1 Å². The highest BCUT2D eigenvalue weighted by Crippen LogP contribution is 2.21. The average molecular weight is 231 g/mol. The lowest BCUT2D eigenvalue weighted by molar-refractivity contribution is -0.134. The van der Waals surface area contributed by atoms with Gasteiger partial charge in [0.05, 0.1) is 0 Å². The summed E-state index contributed by atoms with van der Waals surface area (Å²) in [4.78, 5) is 0. The Morgan fingerprint density at radius 1 is 1.43 bits per heavy atom. The summed E-state index contributed by atoms with van der Waals surface area (Å²) in [7, 11) is -1.16. The Hall–Kier alpha value is -0.100. The Morgan fingerprint density at radius 3 is 2.43 bits per heavy atom. The molecule has 0 saturated heterocycles. The normalized spacial score (nSPS) is 16.6. The molecule has 0 heterocycles. The molecule has 0 amide bonds. The number of hydrogen-bond acceptors (Lipinski definition) is 2. The van der Waals surface area contributed by atoms with E-state index < -0.39 is 23.4 Å². The second kappa shape index (κ2) is 6.40. The minimum atomic E-state index is -4.14. The lowest BCUT2D eigenvalue weighted by Crippen LogP contribution is -2.19. The van der Waals surface area contributed by atoms with E-state index >= 15 is 0 Å². The Morgan fingerprint density at radius 2 is 2.00 bits per heavy atom. The van der Waals surface area contributed by atoms with E-state index in [0.29, 0.717) is 12.3 Å². The molecule has 0 aromatic rings. The number of alkyl halides is 3. The maximum atomic E-state index is 11.7. The van der Waals surface area contributed by atoms with Crippen molar-refractivity contribution in [3.05, 3.63) is 0 Å². The Labute approximate surface area is 84.5 Å². The van der Waals surface area contributed by atoms with Crippen LogP contribution in [-0.2, 0) is 10.8 Å². The fourth-order valence-electron chi connectivity index (χ4n) is 0.902. The minimum Gasteiger partial charge on any atom is -0.330 e. The molecule has 0 bridgehead atoms. The lowest BCUT2D eigenvalue weighted by Gasteiger charge is -2.08. The van der Waals surface area contributed by atoms with Crippen molar-refractivity contribution < 1.29 is 17.4 Å². The molecule has 2 nitrogen and oxygen atoms in total. The molecule has 14 heavy (non-hydrogen) atoms. The van der Waals surface area contributed by atoms with Gasteiger partial charge in [0.1, 0.15) is 0 Å². The highest BCUT2D eigenvalue weighted by Gasteiger charge is 2.26. The maximum Gasteiger partial charge on any atom is 0.389 e. The van der Waals surface area contributed by atoms with Gasteiger partial charge < -0.3 is 5.73 Å². The molecule has 86 valence electrons. The summed E-state index contributed by atoms with van der Waals surface area (Å²) in [5, 5.41) is 0. The van der Waals surface area contributed by atoms with Crippen molar-refractivity contribution >= 4 is 10.8 Å². The first-order valence-corrected chi connectivity index (χ1v) is 5.95. The first kappa shape index (κ1) is 13.9. The zero-order valence-corrected chi connectivity index (χ0v) is 8.96. The summed E-state index contributed by atoms with van der Waals surface area (Å²) >= 11 is 0. The Bertz CT molecular complexity index is 184. The highest BCUT2D eigenvalue weighted by atomic mass is 32.2. The van der Waals surface area contributed by atoms with Gasteiger partial charge in [0.2, 0.25) is 0 Å². The fraction of sp³-hybridized carbons (Fsp3) is 1.00. The van der Waals surface area contributed by atoms with Crippen LogP contribution in [-0.4, -0.2) is 28.4 Å². The summed E-state index contributed by atoms with van der Waals surface area (Å²) in [6.45, 7) is 2.26. The fourth-order valence-corrected chi connectivity index (χ4v) is 2.31. The first-order chi connectivity index (χ1) is 6.35. The van der Waals surface area contributed by atoms with Gasteiger partial charge in [0.25, 0.3) is 0 Å². The third-order valence-electron chi connectivity index (χ3n) is 1.71. The first-order valence-electron chi connectivity index (χ1n) is 4.47. The van der Waals surface area contributed by atoms with Crippen molar-refractivity contribution in [1.82, 2.24) is 0 Å². The molecule has 2 atom stereocenters. The van der Waals surface area contributed by atoms with Gasteiger partial charge in [-0.25, -0.2) is 0 Å². The van der Waals surface area contributed by atoms with Gasteiger partial charge in [0.15, 0.2) is 0 Å². The van der Waals surface area contributed by atoms with Crippen molar-refractivity contribution in [2.45, 2.75) is 25.9 Å². The molecule has 0 aliphatic rings. The van der Waals surface area contributed by atoms with Crippen molar-refractivity contribution in [1.29, 1.82) is 0 Å². The molecule has 0 spiro atoms. The highest BCUT2D eigenvalue weighted by molar-refractivity contribution is 7.84. The summed E-state index contributed by atoms with van der Waals surface area (Å²) in [5.74, 6) is 0.625. The van der Waals surface area contributed by atoms with Crippen LogP contribution in [0.1, 0.15) is 19.8 Å². The standard InChI is InChI=1S/C8H16F3NOS/c1-7(5-12)6-14(13)4-2-3-8(9,10)11/h7H,2-6,12H2,1H3. The summed E-state index contributed by atoms with van der Waals surface area (Å²) < 4.78 is 46.3. The van der Waals surface area contributed by atoms with E-state index in [1.165, 1.54) is 0 Å². The van der Waals surface area contributed by atoms with Crippen LogP contribution in [0.25, 0.3) is 0 Å². The van der Waals surface area contributed by atoms with Crippen LogP contribution < -0.4 is 5.73 Å². The second-order valence-electron chi connectivity index (χ2n) is 3.37. The van der Waals surface area contributed by atoms with Gasteiger partial charge in [-0.1, -0.05) is 6.92 Å². The number of halogens is 3. The average Bonchev–Trinajstić information content (AvgIpc) is 2.01. The van der Waals surface area contributed by atoms with E-state index in [4.69, 9.17) is 5.73 Å². The third kappa shape index (κ3) is 8.50. The molecule has 0 aromatic heterocycles. The van der Waals surface area contributed by atoms with Crippen LogP contribution in [0.2, 0.25) is 0 Å². The summed E-state index contributed by atoms with van der Waals surface area (Å²) in [6, 6.07) is 0. The number of hydrogen-bond donors (Lipinski definition) is 1. The van der Waals surface area contributed by atoms with E-state index in [0.717, 1.165) is 0 Å². The molecule has 0 saturated carbocycles. The predicted molar refractivity (Wildman–Crippen MR) is 51.4 cm³/mol. The van der Waals surface area contributed by atoms with Crippen LogP contribution in [0.4, 0.5) is 13.2 Å². The Balaban J connectivity index is 3.55. The van der Waals surface area contributed by atoms with Gasteiger partial charge in [-0.3, -0.25) is 4.21 Å². The van der Waals surface area contributed by atoms with Gasteiger partial charge in [0, 0.05) is 28.7 Å². The van der Waals surface area contributed by atoms with Crippen LogP contribution in [0.5, 0.6) is 0 Å². The molecular weight excluding hydrogens is 215 g/mol. The van der Waals surface area contributed by atoms with Gasteiger partial charge >= 0.3 is 6.18 Å². The van der Waals surface area contributed by atoms with Gasteiger partial charge in [-0.2, -0.15) is 13.2 Å². The van der Waals surface area contributed by atoms with E-state index in [1.54, 1.807) is 0 Å². The summed E-state index contributed by atoms with van der Waals surface area (Å²) in [5.41, 5.74) is 5.30. The largest absolute Gasteiger partial charge is 0.389 e. The number of rotatable bonds is 6. The van der Waals surface area contributed by atoms with Crippen molar-refractivity contribution in [2.24, 2.45) is 11.7 Å². The second-order valence-corrected chi connectivity index (χ2v) is 4.99. The third-order valence-corrected chi connectivity index (χ3v) is 3.39. The van der Waals surface area contributed by atoms with Crippen LogP contribution in [0, 0.1) is 5.92 Å². The smallest absolute Gasteiger partial charge is 0.330 e. The predicted octanol–water partition coefficient (Wildman–Crippen LogP) is 1.67. The maximum absolute atomic E-state index is 11.7. The molecule has 2 N–H and O–H groups in total. The van der Waals surface area contributed by atoms with Crippen LogP contribution in [0.15, 0.2) is 0 Å². The molecule has 0 aliphatic heterocycles. The SMILES string of the molecule is CC(CN)CS(=O)CCCC(F)(F)F. The van der Waals surface area contributed by atoms with Crippen molar-refractivity contribution in [3.63, 3.8) is 0 Å². The zero-order valence-electron chi connectivity index (χ0n) is 8.14. The summed E-state index contributed by atoms with van der Waals surface area (Å²) in [6.07, 6.45) is -5.05. The topological polar surface area (TPSA) is 43.1 Å². The zero-order chi connectivity index (χ0) is 11.2. The van der Waals surface area contributed by atoms with E-state index in [9.17, 15) is 17.4 Å². The van der Waals surface area contributed by atoms with Crippen LogP contribution >= 0.6 is 0 Å². The molecule has 0 rings (SSSR count). The van der Waals surface area contributed by atoms with Crippen molar-refractivity contribution in [2.75, 3.05) is 18.1 Å². The molecular formula is C8H16F3NOS. The Kier molecular flexibility index (Phi) is 6.35. The van der Waals surface area contributed by atoms with Gasteiger partial charge in [-0.15, -0.1) is 0 Å². The van der Waals surface area contributed by atoms with Crippen molar-refractivity contribution in [3.8, 4) is 0 Å². The lowest BCUT2D eigenvalue weighted by atomic mass is 10.2. The monoisotopic (exact) mass is 231 g/mol. The van der Waals surface area contributed by atoms with E-state index in [2.05, 4.69) is 0 Å².